The molecule has 1 aromatic rings. The van der Waals surface area contributed by atoms with Crippen LogP contribution >= 0.6 is 11.6 Å². The van der Waals surface area contributed by atoms with Gasteiger partial charge in [-0.05, 0) is 31.2 Å². The van der Waals surface area contributed by atoms with Crippen LogP contribution in [0.25, 0.3) is 0 Å². The van der Waals surface area contributed by atoms with E-state index in [9.17, 15) is 15.2 Å². The van der Waals surface area contributed by atoms with Crippen molar-refractivity contribution >= 4 is 23.4 Å². The van der Waals surface area contributed by atoms with Crippen LogP contribution in [-0.2, 0) is 9.53 Å². The first-order valence-corrected chi connectivity index (χ1v) is 7.52. The maximum Gasteiger partial charge on any atom is 0.308 e. The fourth-order valence-electron chi connectivity index (χ4n) is 2.63. The Labute approximate surface area is 134 Å². The van der Waals surface area contributed by atoms with Crippen molar-refractivity contribution in [1.82, 2.24) is 4.98 Å². The summed E-state index contributed by atoms with van der Waals surface area (Å²) < 4.78 is 5.27. The van der Waals surface area contributed by atoms with E-state index < -0.39 is 11.9 Å². The molecule has 1 atom stereocenters. The molecule has 2 heterocycles. The highest BCUT2D eigenvalue weighted by Crippen LogP contribution is 2.27. The Kier molecular flexibility index (Phi) is 5.58. The van der Waals surface area contributed by atoms with Crippen LogP contribution in [0.2, 0.25) is 5.02 Å². The van der Waals surface area contributed by atoms with Crippen LogP contribution < -0.4 is 5.32 Å². The van der Waals surface area contributed by atoms with E-state index in [0.29, 0.717) is 35.2 Å². The number of hydrogen-bond donors (Lipinski definition) is 2. The first kappa shape index (κ1) is 16.5. The van der Waals surface area contributed by atoms with Crippen LogP contribution in [0.4, 0.5) is 5.82 Å². The van der Waals surface area contributed by atoms with E-state index in [0.717, 1.165) is 12.8 Å². The van der Waals surface area contributed by atoms with Gasteiger partial charge >= 0.3 is 5.97 Å². The SMILES string of the molecule is Cc1c(Cl)cnc(NCC(C(=O)O)C2CCOCC2)c1C#N. The molecule has 0 aromatic carbocycles. The highest BCUT2D eigenvalue weighted by molar-refractivity contribution is 6.31. The number of carbonyl (C=O) groups is 1. The van der Waals surface area contributed by atoms with E-state index in [4.69, 9.17) is 16.3 Å². The van der Waals surface area contributed by atoms with Gasteiger partial charge in [0.15, 0.2) is 0 Å². The van der Waals surface area contributed by atoms with Gasteiger partial charge in [0, 0.05) is 26.0 Å². The molecule has 1 aromatic heterocycles. The van der Waals surface area contributed by atoms with E-state index >= 15 is 0 Å². The fraction of sp³-hybridized carbons (Fsp3) is 0.533. The molecule has 1 saturated heterocycles. The van der Waals surface area contributed by atoms with Crippen LogP contribution in [0.5, 0.6) is 0 Å². The monoisotopic (exact) mass is 323 g/mol. The van der Waals surface area contributed by atoms with Gasteiger partial charge in [-0.15, -0.1) is 0 Å². The zero-order chi connectivity index (χ0) is 16.1. The summed E-state index contributed by atoms with van der Waals surface area (Å²) in [5, 5.41) is 22.1. The van der Waals surface area contributed by atoms with E-state index in [-0.39, 0.29) is 12.5 Å². The quantitative estimate of drug-likeness (QED) is 0.864. The number of nitrogens with zero attached hydrogens (tertiary/aromatic N) is 2. The number of carboxylic acids is 1. The topological polar surface area (TPSA) is 95.2 Å². The van der Waals surface area contributed by atoms with Crippen molar-refractivity contribution in [3.8, 4) is 6.07 Å². The van der Waals surface area contributed by atoms with Crippen molar-refractivity contribution in [3.63, 3.8) is 0 Å². The second-order valence-electron chi connectivity index (χ2n) is 5.34. The highest BCUT2D eigenvalue weighted by Gasteiger charge is 2.29. The third-order valence-electron chi connectivity index (χ3n) is 4.03. The Morgan fingerprint density at radius 1 is 1.64 bits per heavy atom. The Morgan fingerprint density at radius 2 is 2.32 bits per heavy atom. The summed E-state index contributed by atoms with van der Waals surface area (Å²) in [5.41, 5.74) is 0.989. The maximum absolute atomic E-state index is 11.5. The summed E-state index contributed by atoms with van der Waals surface area (Å²) >= 11 is 5.95. The van der Waals surface area contributed by atoms with Crippen molar-refractivity contribution in [2.24, 2.45) is 11.8 Å². The number of aromatic nitrogens is 1. The summed E-state index contributed by atoms with van der Waals surface area (Å²) in [6.07, 6.45) is 2.93. The van der Waals surface area contributed by atoms with E-state index in [1.165, 1.54) is 6.20 Å². The normalized spacial score (nSPS) is 16.8. The third-order valence-corrected chi connectivity index (χ3v) is 4.41. The lowest BCUT2D eigenvalue weighted by atomic mass is 9.86. The number of anilines is 1. The second kappa shape index (κ2) is 7.43. The minimum atomic E-state index is -0.844. The van der Waals surface area contributed by atoms with E-state index in [2.05, 4.69) is 16.4 Å². The number of hydrogen-bond acceptors (Lipinski definition) is 5. The average molecular weight is 324 g/mol. The summed E-state index contributed by atoms with van der Waals surface area (Å²) in [6, 6.07) is 2.06. The number of halogens is 1. The minimum absolute atomic E-state index is 0.0673. The number of rotatable bonds is 5. The zero-order valence-electron chi connectivity index (χ0n) is 12.3. The molecule has 2 N–H and O–H groups in total. The van der Waals surface area contributed by atoms with Crippen LogP contribution in [0, 0.1) is 30.1 Å². The lowest BCUT2D eigenvalue weighted by Crippen LogP contribution is -2.34. The number of ether oxygens (including phenoxy) is 1. The smallest absolute Gasteiger partial charge is 0.308 e. The first-order chi connectivity index (χ1) is 10.5. The van der Waals surface area contributed by atoms with Gasteiger partial charge in [-0.25, -0.2) is 4.98 Å². The van der Waals surface area contributed by atoms with Crippen molar-refractivity contribution < 1.29 is 14.6 Å². The zero-order valence-corrected chi connectivity index (χ0v) is 13.1. The molecular weight excluding hydrogens is 306 g/mol. The van der Waals surface area contributed by atoms with Crippen molar-refractivity contribution in [2.45, 2.75) is 19.8 Å². The average Bonchev–Trinajstić information content (AvgIpc) is 2.52. The fourth-order valence-corrected chi connectivity index (χ4v) is 2.77. The van der Waals surface area contributed by atoms with Gasteiger partial charge in [-0.2, -0.15) is 5.26 Å². The molecule has 1 aliphatic heterocycles. The van der Waals surface area contributed by atoms with Crippen molar-refractivity contribution in [1.29, 1.82) is 5.26 Å². The minimum Gasteiger partial charge on any atom is -0.481 e. The molecule has 22 heavy (non-hydrogen) atoms. The molecule has 0 aliphatic carbocycles. The van der Waals surface area contributed by atoms with Gasteiger partial charge in [0.05, 0.1) is 16.5 Å². The number of nitriles is 1. The summed E-state index contributed by atoms with van der Waals surface area (Å²) in [6.45, 7) is 3.15. The summed E-state index contributed by atoms with van der Waals surface area (Å²) in [7, 11) is 0. The molecule has 1 fully saturated rings. The van der Waals surface area contributed by atoms with E-state index in [1.54, 1.807) is 6.92 Å². The Bertz CT molecular complexity index is 594. The molecule has 2 rings (SSSR count). The molecule has 1 unspecified atom stereocenters. The molecule has 0 bridgehead atoms. The molecule has 118 valence electrons. The number of carboxylic acid groups (broad SMARTS) is 1. The van der Waals surface area contributed by atoms with E-state index in [1.807, 2.05) is 0 Å². The molecular formula is C15H18ClN3O3. The molecule has 0 amide bonds. The second-order valence-corrected chi connectivity index (χ2v) is 5.75. The molecule has 0 radical (unpaired) electrons. The number of pyridine rings is 1. The molecule has 1 aliphatic rings. The molecule has 6 nitrogen and oxygen atoms in total. The number of nitrogens with one attached hydrogen (secondary N) is 1. The van der Waals surface area contributed by atoms with Crippen LogP contribution in [-0.4, -0.2) is 35.8 Å². The summed E-state index contributed by atoms with van der Waals surface area (Å²) in [5.74, 6) is -0.933. The van der Waals surface area contributed by atoms with Gasteiger partial charge in [-0.3, -0.25) is 4.79 Å². The lowest BCUT2D eigenvalue weighted by Gasteiger charge is -2.28. The van der Waals surface area contributed by atoms with Gasteiger partial charge < -0.3 is 15.2 Å². The van der Waals surface area contributed by atoms with Crippen LogP contribution in [0.1, 0.15) is 24.0 Å². The Morgan fingerprint density at radius 3 is 2.91 bits per heavy atom. The Hall–Kier alpha value is -1.84. The predicted octanol–water partition coefficient (Wildman–Crippen LogP) is 2.45. The molecule has 0 saturated carbocycles. The third kappa shape index (κ3) is 3.67. The van der Waals surface area contributed by atoms with Gasteiger partial charge in [0.2, 0.25) is 0 Å². The summed E-state index contributed by atoms with van der Waals surface area (Å²) in [4.78, 5) is 15.6. The highest BCUT2D eigenvalue weighted by atomic mass is 35.5. The van der Waals surface area contributed by atoms with Crippen LogP contribution in [0.3, 0.4) is 0 Å². The first-order valence-electron chi connectivity index (χ1n) is 7.14. The van der Waals surface area contributed by atoms with Gasteiger partial charge in [0.1, 0.15) is 11.9 Å². The predicted molar refractivity (Wildman–Crippen MR) is 81.9 cm³/mol. The van der Waals surface area contributed by atoms with Crippen LogP contribution in [0.15, 0.2) is 6.20 Å². The Balaban J connectivity index is 2.11. The standard InChI is InChI=1S/C15H18ClN3O3/c1-9-11(6-17)14(19-8-13(9)16)18-7-12(15(20)21)10-2-4-22-5-3-10/h8,10,12H,2-5,7H2,1H3,(H,18,19)(H,20,21). The van der Waals surface area contributed by atoms with Crippen molar-refractivity contribution in [2.75, 3.05) is 25.1 Å². The van der Waals surface area contributed by atoms with Crippen molar-refractivity contribution in [3.05, 3.63) is 22.3 Å². The lowest BCUT2D eigenvalue weighted by molar-refractivity contribution is -0.144. The molecule has 7 heteroatoms. The van der Waals surface area contributed by atoms with Gasteiger partial charge in [0.25, 0.3) is 0 Å². The molecule has 0 spiro atoms. The largest absolute Gasteiger partial charge is 0.481 e. The number of aliphatic carboxylic acids is 1. The van der Waals surface area contributed by atoms with Gasteiger partial charge in [-0.1, -0.05) is 11.6 Å². The maximum atomic E-state index is 11.5.